The molecule has 5 heteroatoms. The lowest BCUT2D eigenvalue weighted by Crippen LogP contribution is -1.98. The van der Waals surface area contributed by atoms with E-state index < -0.39 is 0 Å². The topological polar surface area (TPSA) is 54.0 Å². The zero-order valence-corrected chi connectivity index (χ0v) is 16.3. The minimum atomic E-state index is -0.0389. The summed E-state index contributed by atoms with van der Waals surface area (Å²) < 4.78 is 20.4. The predicted molar refractivity (Wildman–Crippen MR) is 109 cm³/mol. The Morgan fingerprint density at radius 3 is 1.96 bits per heavy atom. The first-order chi connectivity index (χ1) is 13.7. The van der Waals surface area contributed by atoms with Gasteiger partial charge < -0.3 is 18.9 Å². The highest BCUT2D eigenvalue weighted by Gasteiger charge is 1.96. The van der Waals surface area contributed by atoms with Crippen molar-refractivity contribution in [1.29, 1.82) is 0 Å². The number of rotatable bonds is 12. The summed E-state index contributed by atoms with van der Waals surface area (Å²) in [6.45, 7) is 0.452. The van der Waals surface area contributed by atoms with Gasteiger partial charge in [-0.1, -0.05) is 36.4 Å². The van der Waals surface area contributed by atoms with Crippen LogP contribution in [0.15, 0.2) is 66.8 Å². The molecule has 0 N–H and O–H groups in total. The zero-order chi connectivity index (χ0) is 20.0. The third-order valence-corrected chi connectivity index (χ3v) is 3.81. The van der Waals surface area contributed by atoms with E-state index in [1.54, 1.807) is 32.4 Å². The summed E-state index contributed by atoms with van der Waals surface area (Å²) in [6.07, 6.45) is 8.49. The summed E-state index contributed by atoms with van der Waals surface area (Å²) in [5, 5.41) is 0. The molecule has 28 heavy (non-hydrogen) atoms. The van der Waals surface area contributed by atoms with Crippen LogP contribution in [0.3, 0.4) is 0 Å². The highest BCUT2D eigenvalue weighted by Crippen LogP contribution is 2.14. The fraction of sp³-hybridized carbons (Fsp3) is 0.261. The van der Waals surface area contributed by atoms with Crippen molar-refractivity contribution in [3.05, 3.63) is 77.9 Å². The number of aryl methyl sites for hydroxylation is 1. The maximum Gasteiger partial charge on any atom is 0.188 e. The average molecular weight is 382 g/mol. The van der Waals surface area contributed by atoms with Gasteiger partial charge in [0.15, 0.2) is 19.4 Å². The Bertz CT molecular complexity index is 761. The van der Waals surface area contributed by atoms with Crippen LogP contribution in [0.2, 0.25) is 0 Å². The van der Waals surface area contributed by atoms with Gasteiger partial charge in [0.2, 0.25) is 0 Å². The van der Waals surface area contributed by atoms with Gasteiger partial charge in [-0.25, -0.2) is 0 Å². The molecule has 0 bridgehead atoms. The Labute approximate surface area is 166 Å². The molecule has 5 nitrogen and oxygen atoms in total. The summed E-state index contributed by atoms with van der Waals surface area (Å²) in [4.78, 5) is 11.9. The van der Waals surface area contributed by atoms with Crippen molar-refractivity contribution in [3.8, 4) is 11.5 Å². The zero-order valence-electron chi connectivity index (χ0n) is 16.3. The van der Waals surface area contributed by atoms with Crippen molar-refractivity contribution >= 4 is 11.9 Å². The SMILES string of the molecule is COCOc1ccc(/C=C/C(=O)/C=C/CCc2ccc(OCOC)cc2)cc1. The lowest BCUT2D eigenvalue weighted by Gasteiger charge is -2.05. The lowest BCUT2D eigenvalue weighted by atomic mass is 10.1. The highest BCUT2D eigenvalue weighted by molar-refractivity contribution is 6.01. The van der Waals surface area contributed by atoms with Crippen LogP contribution < -0.4 is 9.47 Å². The Morgan fingerprint density at radius 2 is 1.39 bits per heavy atom. The normalized spacial score (nSPS) is 11.2. The van der Waals surface area contributed by atoms with E-state index >= 15 is 0 Å². The fourth-order valence-corrected chi connectivity index (χ4v) is 2.36. The first-order valence-electron chi connectivity index (χ1n) is 9.02. The van der Waals surface area contributed by atoms with E-state index in [4.69, 9.17) is 18.9 Å². The van der Waals surface area contributed by atoms with Gasteiger partial charge in [0.25, 0.3) is 0 Å². The molecule has 2 aromatic carbocycles. The van der Waals surface area contributed by atoms with Crippen LogP contribution in [-0.2, 0) is 20.7 Å². The van der Waals surface area contributed by atoms with Gasteiger partial charge in [0.1, 0.15) is 11.5 Å². The van der Waals surface area contributed by atoms with Crippen LogP contribution in [0.4, 0.5) is 0 Å². The Morgan fingerprint density at radius 1 is 0.821 bits per heavy atom. The van der Waals surface area contributed by atoms with Gasteiger partial charge in [-0.3, -0.25) is 4.79 Å². The molecular weight excluding hydrogens is 356 g/mol. The quantitative estimate of drug-likeness (QED) is 0.402. The summed E-state index contributed by atoms with van der Waals surface area (Å²) in [5.41, 5.74) is 2.12. The molecule has 148 valence electrons. The van der Waals surface area contributed by atoms with Crippen molar-refractivity contribution in [2.24, 2.45) is 0 Å². The van der Waals surface area contributed by atoms with Gasteiger partial charge in [0.05, 0.1) is 0 Å². The first kappa shape index (κ1) is 21.4. The van der Waals surface area contributed by atoms with E-state index in [1.807, 2.05) is 54.6 Å². The van der Waals surface area contributed by atoms with Crippen molar-refractivity contribution in [2.45, 2.75) is 12.8 Å². The number of benzene rings is 2. The summed E-state index contributed by atoms with van der Waals surface area (Å²) >= 11 is 0. The molecule has 0 aliphatic rings. The number of hydrogen-bond acceptors (Lipinski definition) is 5. The smallest absolute Gasteiger partial charge is 0.188 e. The van der Waals surface area contributed by atoms with Crippen LogP contribution in [0, 0.1) is 0 Å². The molecule has 2 aromatic rings. The van der Waals surface area contributed by atoms with Gasteiger partial charge in [-0.15, -0.1) is 0 Å². The molecule has 0 aliphatic carbocycles. The van der Waals surface area contributed by atoms with Crippen molar-refractivity contribution < 1.29 is 23.7 Å². The second-order valence-corrected chi connectivity index (χ2v) is 5.99. The number of ether oxygens (including phenoxy) is 4. The van der Waals surface area contributed by atoms with Crippen LogP contribution in [0.1, 0.15) is 17.5 Å². The molecular formula is C23H26O5. The molecule has 0 fully saturated rings. The second kappa shape index (κ2) is 12.5. The third kappa shape index (κ3) is 8.20. The van der Waals surface area contributed by atoms with Gasteiger partial charge in [-0.05, 0) is 60.4 Å². The van der Waals surface area contributed by atoms with E-state index in [9.17, 15) is 4.79 Å². The number of methoxy groups -OCH3 is 2. The van der Waals surface area contributed by atoms with Crippen LogP contribution in [-0.4, -0.2) is 33.6 Å². The molecule has 0 atom stereocenters. The molecule has 0 unspecified atom stereocenters. The predicted octanol–water partition coefficient (Wildman–Crippen LogP) is 4.42. The Balaban J connectivity index is 1.73. The van der Waals surface area contributed by atoms with Gasteiger partial charge in [-0.2, -0.15) is 0 Å². The van der Waals surface area contributed by atoms with Crippen molar-refractivity contribution in [1.82, 2.24) is 0 Å². The largest absolute Gasteiger partial charge is 0.468 e. The van der Waals surface area contributed by atoms with E-state index in [0.717, 1.165) is 29.9 Å². The maximum atomic E-state index is 11.9. The van der Waals surface area contributed by atoms with Crippen LogP contribution in [0.5, 0.6) is 11.5 Å². The van der Waals surface area contributed by atoms with E-state index in [1.165, 1.54) is 5.56 Å². The van der Waals surface area contributed by atoms with E-state index in [2.05, 4.69) is 0 Å². The molecule has 0 radical (unpaired) electrons. The number of allylic oxidation sites excluding steroid dienone is 3. The molecule has 0 spiro atoms. The minimum absolute atomic E-state index is 0.0389. The van der Waals surface area contributed by atoms with Crippen molar-refractivity contribution in [3.63, 3.8) is 0 Å². The molecule has 0 saturated carbocycles. The first-order valence-corrected chi connectivity index (χ1v) is 9.02. The van der Waals surface area contributed by atoms with Crippen LogP contribution in [0.25, 0.3) is 6.08 Å². The maximum absolute atomic E-state index is 11.9. The molecule has 0 heterocycles. The lowest BCUT2D eigenvalue weighted by molar-refractivity contribution is -0.110. The molecule has 0 aliphatic heterocycles. The van der Waals surface area contributed by atoms with Crippen molar-refractivity contribution in [2.75, 3.05) is 27.8 Å². The summed E-state index contributed by atoms with van der Waals surface area (Å²) in [6, 6.07) is 15.3. The molecule has 0 saturated heterocycles. The Hall–Kier alpha value is -2.89. The highest BCUT2D eigenvalue weighted by atomic mass is 16.7. The Kier molecular flexibility index (Phi) is 9.55. The number of ketones is 1. The summed E-state index contributed by atoms with van der Waals surface area (Å²) in [7, 11) is 3.16. The number of carbonyl (C=O) groups excluding carboxylic acids is 1. The van der Waals surface area contributed by atoms with E-state index in [-0.39, 0.29) is 19.4 Å². The summed E-state index contributed by atoms with van der Waals surface area (Å²) in [5.74, 6) is 1.46. The molecule has 0 amide bonds. The fourth-order valence-electron chi connectivity index (χ4n) is 2.36. The minimum Gasteiger partial charge on any atom is -0.468 e. The molecule has 2 rings (SSSR count). The second-order valence-electron chi connectivity index (χ2n) is 5.99. The average Bonchev–Trinajstić information content (AvgIpc) is 2.74. The third-order valence-electron chi connectivity index (χ3n) is 3.81. The standard InChI is InChI=1S/C23H26O5/c1-25-17-27-22-13-8-19(9-14-22)5-3-4-6-21(24)12-7-20-10-15-23(16-11-20)28-18-26-2/h4,6-16H,3,5,17-18H2,1-2H3/b6-4+,12-7+. The number of hydrogen-bond donors (Lipinski definition) is 0. The number of carbonyl (C=O) groups is 1. The molecule has 0 aromatic heterocycles. The van der Waals surface area contributed by atoms with Gasteiger partial charge in [0, 0.05) is 14.2 Å². The van der Waals surface area contributed by atoms with Crippen LogP contribution >= 0.6 is 0 Å². The monoisotopic (exact) mass is 382 g/mol. The van der Waals surface area contributed by atoms with Gasteiger partial charge >= 0.3 is 0 Å². The van der Waals surface area contributed by atoms with E-state index in [0.29, 0.717) is 0 Å².